The monoisotopic (exact) mass is 363 g/mol. The van der Waals surface area contributed by atoms with Crippen LogP contribution in [0.2, 0.25) is 0 Å². The number of halogens is 6. The van der Waals surface area contributed by atoms with Crippen molar-refractivity contribution in [3.63, 3.8) is 0 Å². The summed E-state index contributed by atoms with van der Waals surface area (Å²) in [5.74, 6) is -2.36. The average molecular weight is 364 g/mol. The van der Waals surface area contributed by atoms with E-state index in [4.69, 9.17) is 5.11 Å². The Hall–Kier alpha value is -1.45. The van der Waals surface area contributed by atoms with Crippen LogP contribution >= 0.6 is 15.9 Å². The van der Waals surface area contributed by atoms with E-state index in [0.29, 0.717) is 6.07 Å². The van der Waals surface area contributed by atoms with Gasteiger partial charge in [-0.15, -0.1) is 13.2 Å². The van der Waals surface area contributed by atoms with Crippen LogP contribution in [-0.4, -0.2) is 22.4 Å². The second kappa shape index (κ2) is 6.33. The summed E-state index contributed by atoms with van der Waals surface area (Å²) in [6.45, 7) is 0. The summed E-state index contributed by atoms with van der Waals surface area (Å²) in [5, 5.41) is 8.33. The minimum Gasteiger partial charge on any atom is -0.481 e. The number of carbonyl (C=O) groups is 1. The topological polar surface area (TPSA) is 59.4 Å². The lowest BCUT2D eigenvalue weighted by Crippen LogP contribution is -2.20. The number of hydrogen-bond donors (Lipinski definition) is 1. The number of rotatable bonds is 5. The predicted molar refractivity (Wildman–Crippen MR) is 59.8 cm³/mol. The minimum atomic E-state index is -5.09. The SMILES string of the molecule is O=C(O)Cc1cc(C(F)F)nc(CBr)c1OC(F)(F)F. The van der Waals surface area contributed by atoms with Gasteiger partial charge >= 0.3 is 12.3 Å². The van der Waals surface area contributed by atoms with E-state index in [1.165, 1.54) is 0 Å². The van der Waals surface area contributed by atoms with Crippen LogP contribution in [-0.2, 0) is 16.5 Å². The fourth-order valence-corrected chi connectivity index (χ4v) is 1.79. The lowest BCUT2D eigenvalue weighted by Gasteiger charge is -2.16. The maximum Gasteiger partial charge on any atom is 0.573 e. The molecule has 1 heterocycles. The molecule has 0 saturated heterocycles. The first kappa shape index (κ1) is 16.6. The molecule has 1 rings (SSSR count). The first-order valence-corrected chi connectivity index (χ1v) is 6.10. The number of nitrogens with zero attached hydrogens (tertiary/aromatic N) is 1. The van der Waals surface area contributed by atoms with E-state index in [1.54, 1.807) is 0 Å². The summed E-state index contributed by atoms with van der Waals surface area (Å²) in [5.41, 5.74) is -1.78. The molecule has 0 atom stereocenters. The van der Waals surface area contributed by atoms with E-state index >= 15 is 0 Å². The maximum absolute atomic E-state index is 12.6. The zero-order valence-corrected chi connectivity index (χ0v) is 11.1. The van der Waals surface area contributed by atoms with Gasteiger partial charge in [0.1, 0.15) is 5.69 Å². The van der Waals surface area contributed by atoms with E-state index in [9.17, 15) is 26.7 Å². The van der Waals surface area contributed by atoms with Crippen molar-refractivity contribution in [2.24, 2.45) is 0 Å². The summed E-state index contributed by atoms with van der Waals surface area (Å²) in [6, 6.07) is 0.589. The average Bonchev–Trinajstić information content (AvgIpc) is 2.28. The van der Waals surface area contributed by atoms with E-state index in [2.05, 4.69) is 25.7 Å². The smallest absolute Gasteiger partial charge is 0.481 e. The molecular formula is C10H7BrF5NO3. The zero-order chi connectivity index (χ0) is 15.5. The molecule has 4 nitrogen and oxygen atoms in total. The van der Waals surface area contributed by atoms with Gasteiger partial charge in [0.2, 0.25) is 0 Å². The van der Waals surface area contributed by atoms with Crippen molar-refractivity contribution in [2.75, 3.05) is 0 Å². The van der Waals surface area contributed by atoms with Gasteiger partial charge < -0.3 is 9.84 Å². The van der Waals surface area contributed by atoms with E-state index in [0.717, 1.165) is 0 Å². The molecule has 0 fully saturated rings. The quantitative estimate of drug-likeness (QED) is 0.643. The van der Waals surface area contributed by atoms with Gasteiger partial charge in [-0.2, -0.15) is 0 Å². The van der Waals surface area contributed by atoms with Crippen LogP contribution in [0.25, 0.3) is 0 Å². The highest BCUT2D eigenvalue weighted by Crippen LogP contribution is 2.33. The van der Waals surface area contributed by atoms with Gasteiger partial charge in [-0.25, -0.2) is 13.8 Å². The number of ether oxygens (including phenoxy) is 1. The molecule has 0 aromatic carbocycles. The summed E-state index contributed by atoms with van der Waals surface area (Å²) in [6.07, 6.45) is -9.02. The normalized spacial score (nSPS) is 11.8. The zero-order valence-electron chi connectivity index (χ0n) is 9.55. The molecule has 0 unspecified atom stereocenters. The van der Waals surface area contributed by atoms with Gasteiger partial charge in [-0.05, 0) is 6.07 Å². The summed E-state index contributed by atoms with van der Waals surface area (Å²) in [7, 11) is 0. The fraction of sp³-hybridized carbons (Fsp3) is 0.400. The molecule has 0 saturated carbocycles. The Morgan fingerprint density at radius 2 is 2.05 bits per heavy atom. The summed E-state index contributed by atoms with van der Waals surface area (Å²) < 4.78 is 65.7. The molecule has 1 aromatic rings. The Kier molecular flexibility index (Phi) is 5.26. The minimum absolute atomic E-state index is 0.300. The van der Waals surface area contributed by atoms with Gasteiger partial charge in [0.15, 0.2) is 5.75 Å². The molecule has 0 aliphatic carbocycles. The fourth-order valence-electron chi connectivity index (χ4n) is 1.41. The molecule has 0 amide bonds. The van der Waals surface area contributed by atoms with Crippen LogP contribution in [0.5, 0.6) is 5.75 Å². The molecule has 0 aliphatic heterocycles. The van der Waals surface area contributed by atoms with E-state index < -0.39 is 47.9 Å². The van der Waals surface area contributed by atoms with Crippen molar-refractivity contribution in [3.05, 3.63) is 23.0 Å². The largest absolute Gasteiger partial charge is 0.573 e. The van der Waals surface area contributed by atoms with Crippen molar-refractivity contribution in [3.8, 4) is 5.75 Å². The number of alkyl halides is 6. The number of carboxylic acid groups (broad SMARTS) is 1. The summed E-state index contributed by atoms with van der Waals surface area (Å²) >= 11 is 2.80. The third-order valence-corrected chi connectivity index (χ3v) is 2.58. The van der Waals surface area contributed by atoms with Crippen molar-refractivity contribution < 1.29 is 36.6 Å². The van der Waals surface area contributed by atoms with E-state index in [-0.39, 0.29) is 5.33 Å². The molecule has 1 N–H and O–H groups in total. The number of hydrogen-bond acceptors (Lipinski definition) is 3. The summed E-state index contributed by atoms with van der Waals surface area (Å²) in [4.78, 5) is 13.9. The Morgan fingerprint density at radius 1 is 1.45 bits per heavy atom. The second-order valence-corrected chi connectivity index (χ2v) is 4.10. The van der Waals surface area contributed by atoms with Crippen molar-refractivity contribution in [1.29, 1.82) is 0 Å². The Labute approximate surface area is 117 Å². The highest BCUT2D eigenvalue weighted by Gasteiger charge is 2.34. The molecule has 112 valence electrons. The first-order chi connectivity index (χ1) is 9.14. The number of aromatic nitrogens is 1. The molecule has 0 spiro atoms. The standard InChI is InChI=1S/C10H7BrF5NO3/c11-3-6-8(20-10(14,15)16)4(2-7(18)19)1-5(17-6)9(12)13/h1,9H,2-3H2,(H,18,19). The van der Waals surface area contributed by atoms with Crippen LogP contribution in [0.1, 0.15) is 23.4 Å². The first-order valence-electron chi connectivity index (χ1n) is 4.98. The molecule has 0 bridgehead atoms. The Balaban J connectivity index is 3.39. The van der Waals surface area contributed by atoms with Crippen LogP contribution in [0.15, 0.2) is 6.07 Å². The third kappa shape index (κ3) is 4.58. The van der Waals surface area contributed by atoms with Gasteiger partial charge in [0, 0.05) is 10.9 Å². The van der Waals surface area contributed by atoms with Crippen LogP contribution in [0.4, 0.5) is 22.0 Å². The molecule has 0 radical (unpaired) electrons. The molecule has 10 heteroatoms. The van der Waals surface area contributed by atoms with E-state index in [1.807, 2.05) is 0 Å². The van der Waals surface area contributed by atoms with Crippen molar-refractivity contribution in [1.82, 2.24) is 4.98 Å². The van der Waals surface area contributed by atoms with Crippen molar-refractivity contribution in [2.45, 2.75) is 24.5 Å². The van der Waals surface area contributed by atoms with Gasteiger partial charge in [-0.3, -0.25) is 4.79 Å². The Morgan fingerprint density at radius 3 is 2.45 bits per heavy atom. The van der Waals surface area contributed by atoms with Crippen LogP contribution in [0, 0.1) is 0 Å². The lowest BCUT2D eigenvalue weighted by atomic mass is 10.1. The number of carboxylic acids is 1. The highest BCUT2D eigenvalue weighted by molar-refractivity contribution is 9.08. The third-order valence-electron chi connectivity index (χ3n) is 2.05. The molecule has 1 aromatic heterocycles. The predicted octanol–water partition coefficient (Wildman–Crippen LogP) is 3.44. The number of pyridine rings is 1. The highest BCUT2D eigenvalue weighted by atomic mass is 79.9. The van der Waals surface area contributed by atoms with Crippen LogP contribution < -0.4 is 4.74 Å². The van der Waals surface area contributed by atoms with Gasteiger partial charge in [0.25, 0.3) is 6.43 Å². The number of aliphatic carboxylic acids is 1. The molecule has 0 aliphatic rings. The molecular weight excluding hydrogens is 357 g/mol. The Bertz CT molecular complexity index is 506. The second-order valence-electron chi connectivity index (χ2n) is 3.53. The van der Waals surface area contributed by atoms with Crippen LogP contribution in [0.3, 0.4) is 0 Å². The van der Waals surface area contributed by atoms with Crippen molar-refractivity contribution >= 4 is 21.9 Å². The molecule has 20 heavy (non-hydrogen) atoms. The lowest BCUT2D eigenvalue weighted by molar-refractivity contribution is -0.275. The maximum atomic E-state index is 12.6. The van der Waals surface area contributed by atoms with Gasteiger partial charge in [-0.1, -0.05) is 15.9 Å². The van der Waals surface area contributed by atoms with Gasteiger partial charge in [0.05, 0.1) is 12.1 Å².